The van der Waals surface area contributed by atoms with Crippen LogP contribution in [0.15, 0.2) is 6.07 Å². The van der Waals surface area contributed by atoms with Crippen LogP contribution in [-0.4, -0.2) is 69.8 Å². The van der Waals surface area contributed by atoms with Gasteiger partial charge in [0.15, 0.2) is 0 Å². The second-order valence-corrected chi connectivity index (χ2v) is 7.13. The van der Waals surface area contributed by atoms with E-state index in [2.05, 4.69) is 30.6 Å². The fourth-order valence-corrected chi connectivity index (χ4v) is 3.44. The monoisotopic (exact) mass is 371 g/mol. The number of nitrogens with zero attached hydrogens (tertiary/aromatic N) is 5. The first-order chi connectivity index (χ1) is 12.9. The number of rotatable bonds is 6. The summed E-state index contributed by atoms with van der Waals surface area (Å²) >= 11 is 0. The minimum Gasteiger partial charge on any atom is -0.355 e. The van der Waals surface area contributed by atoms with Crippen LogP contribution in [0, 0.1) is 27.7 Å². The van der Waals surface area contributed by atoms with Gasteiger partial charge in [0.05, 0.1) is 12.1 Å². The van der Waals surface area contributed by atoms with Crippen molar-refractivity contribution >= 4 is 5.91 Å². The smallest absolute Gasteiger partial charge is 0.251 e. The zero-order valence-corrected chi connectivity index (χ0v) is 16.7. The van der Waals surface area contributed by atoms with Crippen molar-refractivity contribution in [3.63, 3.8) is 0 Å². The van der Waals surface area contributed by atoms with Crippen molar-refractivity contribution in [2.24, 2.45) is 0 Å². The molecule has 2 aromatic heterocycles. The molecule has 0 unspecified atom stereocenters. The van der Waals surface area contributed by atoms with E-state index in [0.29, 0.717) is 18.9 Å². The average molecular weight is 371 g/mol. The van der Waals surface area contributed by atoms with E-state index in [4.69, 9.17) is 0 Å². The van der Waals surface area contributed by atoms with Crippen molar-refractivity contribution < 1.29 is 4.79 Å². The maximum atomic E-state index is 12.4. The lowest BCUT2D eigenvalue weighted by molar-refractivity contribution is -0.120. The van der Waals surface area contributed by atoms with Crippen LogP contribution in [0.5, 0.6) is 0 Å². The highest BCUT2D eigenvalue weighted by Gasteiger charge is 2.18. The normalized spacial score (nSPS) is 15.1. The molecule has 2 aromatic rings. The molecule has 3 rings (SSSR count). The molecular formula is C19H29N7O. The van der Waals surface area contributed by atoms with E-state index in [1.165, 1.54) is 0 Å². The summed E-state index contributed by atoms with van der Waals surface area (Å²) in [5.41, 5.74) is 4.49. The largest absolute Gasteiger partial charge is 0.355 e. The number of amides is 1. The Morgan fingerprint density at radius 1 is 1.15 bits per heavy atom. The van der Waals surface area contributed by atoms with Gasteiger partial charge >= 0.3 is 0 Å². The van der Waals surface area contributed by atoms with Gasteiger partial charge in [0.2, 0.25) is 5.91 Å². The molecular weight excluding hydrogens is 342 g/mol. The Morgan fingerprint density at radius 3 is 2.48 bits per heavy atom. The fourth-order valence-electron chi connectivity index (χ4n) is 3.44. The molecule has 0 saturated carbocycles. The van der Waals surface area contributed by atoms with Crippen LogP contribution in [0.2, 0.25) is 0 Å². The molecule has 8 nitrogen and oxygen atoms in total. The molecule has 1 saturated heterocycles. The Bertz CT molecular complexity index is 788. The number of hydrogen-bond donors (Lipinski definition) is 2. The quantitative estimate of drug-likeness (QED) is 0.767. The molecule has 1 fully saturated rings. The summed E-state index contributed by atoms with van der Waals surface area (Å²) in [5, 5.41) is 10.9. The summed E-state index contributed by atoms with van der Waals surface area (Å²) in [7, 11) is 0. The summed E-state index contributed by atoms with van der Waals surface area (Å²) in [6.45, 7) is 13.4. The highest BCUT2D eigenvalue weighted by Crippen LogP contribution is 2.17. The number of aryl methyl sites for hydroxylation is 3. The lowest BCUT2D eigenvalue weighted by Crippen LogP contribution is -2.46. The Kier molecular flexibility index (Phi) is 6.18. The molecule has 1 amide bonds. The first kappa shape index (κ1) is 19.4. The highest BCUT2D eigenvalue weighted by molar-refractivity contribution is 5.79. The summed E-state index contributed by atoms with van der Waals surface area (Å²) in [5.74, 6) is 0.579. The summed E-state index contributed by atoms with van der Waals surface area (Å²) in [6, 6.07) is 1.93. The molecule has 3 heterocycles. The molecule has 2 N–H and O–H groups in total. The van der Waals surface area contributed by atoms with Crippen LogP contribution >= 0.6 is 0 Å². The van der Waals surface area contributed by atoms with Crippen LogP contribution in [0.25, 0.3) is 5.95 Å². The topological polar surface area (TPSA) is 88.0 Å². The Morgan fingerprint density at radius 2 is 1.81 bits per heavy atom. The molecule has 0 spiro atoms. The fraction of sp³-hybridized carbons (Fsp3) is 0.579. The summed E-state index contributed by atoms with van der Waals surface area (Å²) < 4.78 is 1.73. The van der Waals surface area contributed by atoms with Crippen LogP contribution in [0.3, 0.4) is 0 Å². The first-order valence-corrected chi connectivity index (χ1v) is 9.51. The SMILES string of the molecule is Cc1cc(C)nc(-n2nc(C)c(CC(=O)NCCN3CCNCC3)c2C)n1. The van der Waals surface area contributed by atoms with Crippen molar-refractivity contribution in [3.05, 3.63) is 34.4 Å². The lowest BCUT2D eigenvalue weighted by atomic mass is 10.1. The van der Waals surface area contributed by atoms with Gasteiger partial charge in [-0.1, -0.05) is 0 Å². The Hall–Kier alpha value is -2.32. The van der Waals surface area contributed by atoms with Gasteiger partial charge in [0.25, 0.3) is 5.95 Å². The standard InChI is InChI=1S/C19H29N7O/c1-13-11-14(2)23-19(22-13)26-16(4)17(15(3)24-26)12-18(27)21-7-10-25-8-5-20-6-9-25/h11,20H,5-10,12H2,1-4H3,(H,21,27). The molecule has 8 heteroatoms. The third-order valence-electron chi connectivity index (χ3n) is 4.90. The van der Waals surface area contributed by atoms with Gasteiger partial charge in [0.1, 0.15) is 0 Å². The molecule has 0 atom stereocenters. The van der Waals surface area contributed by atoms with Crippen LogP contribution in [-0.2, 0) is 11.2 Å². The predicted molar refractivity (Wildman–Crippen MR) is 104 cm³/mol. The second-order valence-electron chi connectivity index (χ2n) is 7.13. The van der Waals surface area contributed by atoms with Crippen molar-refractivity contribution in [3.8, 4) is 5.95 Å². The van der Waals surface area contributed by atoms with Gasteiger partial charge in [-0.05, 0) is 33.8 Å². The van der Waals surface area contributed by atoms with Crippen LogP contribution < -0.4 is 10.6 Å². The highest BCUT2D eigenvalue weighted by atomic mass is 16.1. The van der Waals surface area contributed by atoms with Crippen molar-refractivity contribution in [1.82, 2.24) is 35.3 Å². The third kappa shape index (κ3) is 4.90. The number of hydrogen-bond acceptors (Lipinski definition) is 6. The summed E-state index contributed by atoms with van der Waals surface area (Å²) in [6.07, 6.45) is 0.323. The molecule has 146 valence electrons. The molecule has 0 bridgehead atoms. The van der Waals surface area contributed by atoms with E-state index < -0.39 is 0 Å². The van der Waals surface area contributed by atoms with Crippen molar-refractivity contribution in [2.45, 2.75) is 34.1 Å². The third-order valence-corrected chi connectivity index (χ3v) is 4.90. The van der Waals surface area contributed by atoms with Crippen molar-refractivity contribution in [2.75, 3.05) is 39.3 Å². The Balaban J connectivity index is 1.63. The lowest BCUT2D eigenvalue weighted by Gasteiger charge is -2.27. The number of piperazine rings is 1. The zero-order valence-electron chi connectivity index (χ0n) is 16.7. The number of nitrogens with one attached hydrogen (secondary N) is 2. The van der Waals surface area contributed by atoms with Gasteiger partial charge in [-0.2, -0.15) is 5.10 Å². The van der Waals surface area contributed by atoms with Gasteiger partial charge in [-0.25, -0.2) is 14.6 Å². The van der Waals surface area contributed by atoms with Crippen molar-refractivity contribution in [1.29, 1.82) is 0 Å². The second kappa shape index (κ2) is 8.58. The number of aromatic nitrogens is 4. The predicted octanol–water partition coefficient (Wildman–Crippen LogP) is 0.460. The van der Waals surface area contributed by atoms with E-state index in [-0.39, 0.29) is 5.91 Å². The van der Waals surface area contributed by atoms with E-state index in [1.54, 1.807) is 4.68 Å². The zero-order chi connectivity index (χ0) is 19.4. The molecule has 0 radical (unpaired) electrons. The molecule has 27 heavy (non-hydrogen) atoms. The molecule has 1 aliphatic rings. The van der Waals surface area contributed by atoms with E-state index >= 15 is 0 Å². The summed E-state index contributed by atoms with van der Waals surface area (Å²) in [4.78, 5) is 23.7. The Labute approximate surface area is 160 Å². The van der Waals surface area contributed by atoms with E-state index in [1.807, 2.05) is 33.8 Å². The molecule has 0 aromatic carbocycles. The maximum Gasteiger partial charge on any atom is 0.251 e. The minimum absolute atomic E-state index is 0.0252. The van der Waals surface area contributed by atoms with Crippen LogP contribution in [0.4, 0.5) is 0 Å². The van der Waals surface area contributed by atoms with Crippen LogP contribution in [0.1, 0.15) is 28.3 Å². The minimum atomic E-state index is 0.0252. The average Bonchev–Trinajstić information content (AvgIpc) is 2.90. The van der Waals surface area contributed by atoms with E-state index in [0.717, 1.165) is 61.1 Å². The first-order valence-electron chi connectivity index (χ1n) is 9.51. The van der Waals surface area contributed by atoms with Gasteiger partial charge in [-0.3, -0.25) is 9.69 Å². The molecule has 1 aliphatic heterocycles. The van der Waals surface area contributed by atoms with Gasteiger partial charge in [-0.15, -0.1) is 0 Å². The van der Waals surface area contributed by atoms with Gasteiger partial charge < -0.3 is 10.6 Å². The number of carbonyl (C=O) groups excluding carboxylic acids is 1. The number of carbonyl (C=O) groups is 1. The maximum absolute atomic E-state index is 12.4. The molecule has 0 aliphatic carbocycles. The van der Waals surface area contributed by atoms with Gasteiger partial charge in [0, 0.05) is 61.9 Å². The van der Waals surface area contributed by atoms with E-state index in [9.17, 15) is 4.79 Å².